The van der Waals surface area contributed by atoms with Crippen molar-refractivity contribution >= 4 is 11.8 Å². The number of amides is 2. The number of ether oxygens (including phenoxy) is 1. The predicted molar refractivity (Wildman–Crippen MR) is 90.9 cm³/mol. The normalized spacial score (nSPS) is 16.4. The number of carbonyl (C=O) groups is 2. The van der Waals surface area contributed by atoms with E-state index < -0.39 is 0 Å². The number of rotatable bonds is 6. The molecule has 2 aromatic heterocycles. The molecule has 25 heavy (non-hydrogen) atoms. The van der Waals surface area contributed by atoms with Crippen molar-refractivity contribution in [3.05, 3.63) is 54.1 Å². The highest BCUT2D eigenvalue weighted by Crippen LogP contribution is 2.16. The van der Waals surface area contributed by atoms with Gasteiger partial charge in [-0.05, 0) is 30.2 Å². The van der Waals surface area contributed by atoms with Crippen molar-refractivity contribution in [2.24, 2.45) is 0 Å². The van der Waals surface area contributed by atoms with Crippen LogP contribution in [0, 0.1) is 0 Å². The molecule has 0 unspecified atom stereocenters. The van der Waals surface area contributed by atoms with Crippen molar-refractivity contribution in [3.63, 3.8) is 0 Å². The fourth-order valence-electron chi connectivity index (χ4n) is 2.83. The van der Waals surface area contributed by atoms with Crippen LogP contribution in [0.5, 0.6) is 5.75 Å². The molecule has 3 heterocycles. The fourth-order valence-corrected chi connectivity index (χ4v) is 2.83. The Bertz CT molecular complexity index is 751. The highest BCUT2D eigenvalue weighted by Gasteiger charge is 2.26. The molecule has 7 heteroatoms. The molecule has 0 bridgehead atoms. The highest BCUT2D eigenvalue weighted by molar-refractivity contribution is 5.92. The van der Waals surface area contributed by atoms with Gasteiger partial charge in [0, 0.05) is 50.2 Å². The van der Waals surface area contributed by atoms with Gasteiger partial charge in [0.05, 0.1) is 7.11 Å². The van der Waals surface area contributed by atoms with Crippen molar-refractivity contribution < 1.29 is 14.3 Å². The molecule has 1 atom stereocenters. The van der Waals surface area contributed by atoms with Gasteiger partial charge in [0.25, 0.3) is 5.91 Å². The maximum atomic E-state index is 13.0. The van der Waals surface area contributed by atoms with Gasteiger partial charge in [0.15, 0.2) is 0 Å². The summed E-state index contributed by atoms with van der Waals surface area (Å²) < 4.78 is 5.17. The molecule has 7 nitrogen and oxygen atoms in total. The third-order valence-corrected chi connectivity index (χ3v) is 4.12. The van der Waals surface area contributed by atoms with E-state index in [2.05, 4.69) is 15.3 Å². The summed E-state index contributed by atoms with van der Waals surface area (Å²) in [6.45, 7) is 0.860. The Morgan fingerprint density at radius 3 is 2.80 bits per heavy atom. The zero-order valence-corrected chi connectivity index (χ0v) is 14.0. The molecule has 2 amide bonds. The monoisotopic (exact) mass is 340 g/mol. The summed E-state index contributed by atoms with van der Waals surface area (Å²) in [5, 5.41) is 2.91. The van der Waals surface area contributed by atoms with Crippen LogP contribution in [0.25, 0.3) is 0 Å². The van der Waals surface area contributed by atoms with Crippen LogP contribution in [-0.4, -0.2) is 46.4 Å². The summed E-state index contributed by atoms with van der Waals surface area (Å²) >= 11 is 0. The maximum absolute atomic E-state index is 13.0. The SMILES string of the molecule is COc1ccnc(C(=O)N(Cc2ccncc2)C[C@@H]2CCC(=O)N2)c1. The van der Waals surface area contributed by atoms with Crippen LogP contribution in [0.3, 0.4) is 0 Å². The smallest absolute Gasteiger partial charge is 0.272 e. The summed E-state index contributed by atoms with van der Waals surface area (Å²) in [6, 6.07) is 7.01. The summed E-state index contributed by atoms with van der Waals surface area (Å²) in [5.74, 6) is 0.411. The van der Waals surface area contributed by atoms with Crippen LogP contribution in [0.15, 0.2) is 42.9 Å². The Balaban J connectivity index is 1.81. The number of hydrogen-bond acceptors (Lipinski definition) is 5. The number of nitrogens with zero attached hydrogens (tertiary/aromatic N) is 3. The molecule has 130 valence electrons. The van der Waals surface area contributed by atoms with Crippen LogP contribution in [0.2, 0.25) is 0 Å². The van der Waals surface area contributed by atoms with Crippen molar-refractivity contribution in [1.29, 1.82) is 0 Å². The van der Waals surface area contributed by atoms with Crippen molar-refractivity contribution in [3.8, 4) is 5.75 Å². The molecule has 1 aliphatic rings. The summed E-state index contributed by atoms with van der Waals surface area (Å²) in [4.78, 5) is 34.3. The van der Waals surface area contributed by atoms with Crippen LogP contribution in [0.4, 0.5) is 0 Å². The Kier molecular flexibility index (Phi) is 5.23. The maximum Gasteiger partial charge on any atom is 0.272 e. The van der Waals surface area contributed by atoms with Crippen LogP contribution in [0.1, 0.15) is 28.9 Å². The lowest BCUT2D eigenvalue weighted by atomic mass is 10.1. The zero-order chi connectivity index (χ0) is 17.6. The quantitative estimate of drug-likeness (QED) is 0.859. The third-order valence-electron chi connectivity index (χ3n) is 4.12. The molecule has 1 fully saturated rings. The lowest BCUT2D eigenvalue weighted by molar-refractivity contribution is -0.119. The van der Waals surface area contributed by atoms with Gasteiger partial charge in [-0.25, -0.2) is 0 Å². The van der Waals surface area contributed by atoms with Gasteiger partial charge >= 0.3 is 0 Å². The van der Waals surface area contributed by atoms with Gasteiger partial charge in [-0.1, -0.05) is 0 Å². The van der Waals surface area contributed by atoms with E-state index in [1.165, 1.54) is 0 Å². The van der Waals surface area contributed by atoms with Gasteiger partial charge in [0.2, 0.25) is 5.91 Å². The molecule has 2 aromatic rings. The Morgan fingerprint density at radius 2 is 2.12 bits per heavy atom. The molecule has 0 radical (unpaired) electrons. The first kappa shape index (κ1) is 16.9. The standard InChI is InChI=1S/C18H20N4O3/c1-25-15-6-9-20-16(10-15)18(24)22(11-13-4-7-19-8-5-13)12-14-2-3-17(23)21-14/h4-10,14H,2-3,11-12H2,1H3,(H,21,23)/t14-/m0/s1. The molecule has 1 aliphatic heterocycles. The highest BCUT2D eigenvalue weighted by atomic mass is 16.5. The average molecular weight is 340 g/mol. The third kappa shape index (κ3) is 4.32. The summed E-state index contributed by atoms with van der Waals surface area (Å²) in [7, 11) is 1.55. The molecule has 0 aliphatic carbocycles. The predicted octanol–water partition coefficient (Wildman–Crippen LogP) is 1.41. The van der Waals surface area contributed by atoms with E-state index in [1.54, 1.807) is 42.7 Å². The molecular weight excluding hydrogens is 320 g/mol. The number of hydrogen-bond donors (Lipinski definition) is 1. The molecule has 1 saturated heterocycles. The number of aromatic nitrogens is 2. The Hall–Kier alpha value is -2.96. The number of pyridine rings is 2. The van der Waals surface area contributed by atoms with E-state index in [9.17, 15) is 9.59 Å². The van der Waals surface area contributed by atoms with Crippen molar-refractivity contribution in [2.45, 2.75) is 25.4 Å². The topological polar surface area (TPSA) is 84.4 Å². The molecule has 3 rings (SSSR count). The second kappa shape index (κ2) is 7.74. The van der Waals surface area contributed by atoms with E-state index in [-0.39, 0.29) is 17.9 Å². The molecule has 0 saturated carbocycles. The van der Waals surface area contributed by atoms with Gasteiger partial charge in [-0.15, -0.1) is 0 Å². The number of methoxy groups -OCH3 is 1. The summed E-state index contributed by atoms with van der Waals surface area (Å²) in [6.07, 6.45) is 6.16. The van der Waals surface area contributed by atoms with Gasteiger partial charge in [-0.3, -0.25) is 19.6 Å². The van der Waals surface area contributed by atoms with Crippen molar-refractivity contribution in [1.82, 2.24) is 20.2 Å². The first-order valence-corrected chi connectivity index (χ1v) is 8.13. The Morgan fingerprint density at radius 1 is 1.32 bits per heavy atom. The van der Waals surface area contributed by atoms with E-state index in [0.717, 1.165) is 12.0 Å². The van der Waals surface area contributed by atoms with E-state index >= 15 is 0 Å². The minimum atomic E-state index is -0.197. The average Bonchev–Trinajstić information content (AvgIpc) is 3.06. The Labute approximate surface area is 146 Å². The van der Waals surface area contributed by atoms with Gasteiger partial charge in [-0.2, -0.15) is 0 Å². The summed E-state index contributed by atoms with van der Waals surface area (Å²) in [5.41, 5.74) is 1.29. The van der Waals surface area contributed by atoms with Gasteiger partial charge in [0.1, 0.15) is 11.4 Å². The molecule has 0 aromatic carbocycles. The largest absolute Gasteiger partial charge is 0.497 e. The molecular formula is C18H20N4O3. The van der Waals surface area contributed by atoms with E-state index in [1.807, 2.05) is 12.1 Å². The van der Waals surface area contributed by atoms with E-state index in [4.69, 9.17) is 4.74 Å². The zero-order valence-electron chi connectivity index (χ0n) is 14.0. The van der Waals surface area contributed by atoms with Crippen molar-refractivity contribution in [2.75, 3.05) is 13.7 Å². The van der Waals surface area contributed by atoms with Crippen LogP contribution in [-0.2, 0) is 11.3 Å². The second-order valence-corrected chi connectivity index (χ2v) is 5.93. The van der Waals surface area contributed by atoms with Gasteiger partial charge < -0.3 is 15.0 Å². The lowest BCUT2D eigenvalue weighted by Gasteiger charge is -2.25. The molecule has 1 N–H and O–H groups in total. The first-order chi connectivity index (χ1) is 12.2. The minimum Gasteiger partial charge on any atom is -0.497 e. The van der Waals surface area contributed by atoms with Crippen LogP contribution >= 0.6 is 0 Å². The minimum absolute atomic E-state index is 0.0285. The second-order valence-electron chi connectivity index (χ2n) is 5.93. The number of nitrogens with one attached hydrogen (secondary N) is 1. The number of carbonyl (C=O) groups excluding carboxylic acids is 2. The fraction of sp³-hybridized carbons (Fsp3) is 0.333. The molecule has 0 spiro atoms. The van der Waals surface area contributed by atoms with Crippen LogP contribution < -0.4 is 10.1 Å². The van der Waals surface area contributed by atoms with E-state index in [0.29, 0.717) is 31.0 Å². The lowest BCUT2D eigenvalue weighted by Crippen LogP contribution is -2.41. The first-order valence-electron chi connectivity index (χ1n) is 8.13.